The van der Waals surface area contributed by atoms with Gasteiger partial charge in [-0.05, 0) is 26.2 Å². The molecule has 0 aromatic carbocycles. The van der Waals surface area contributed by atoms with Crippen molar-refractivity contribution < 1.29 is 4.79 Å². The van der Waals surface area contributed by atoms with Crippen molar-refractivity contribution in [2.75, 3.05) is 34.2 Å². The zero-order valence-electron chi connectivity index (χ0n) is 9.77. The minimum absolute atomic E-state index is 0.0360. The molecule has 5 heteroatoms. The Hall–Kier alpha value is -1.13. The van der Waals surface area contributed by atoms with Crippen molar-refractivity contribution in [3.8, 4) is 0 Å². The molecule has 0 fully saturated rings. The molecular formula is C11H16ClN3O. The van der Waals surface area contributed by atoms with E-state index in [9.17, 15) is 4.79 Å². The fourth-order valence-corrected chi connectivity index (χ4v) is 1.38. The van der Waals surface area contributed by atoms with E-state index < -0.39 is 0 Å². The molecule has 1 aromatic rings. The van der Waals surface area contributed by atoms with Crippen molar-refractivity contribution in [2.24, 2.45) is 0 Å². The van der Waals surface area contributed by atoms with Crippen LogP contribution in [0.2, 0.25) is 5.15 Å². The number of likely N-dealkylation sites (N-methyl/N-ethyl adjacent to an activating group) is 2. The maximum atomic E-state index is 11.9. The summed E-state index contributed by atoms with van der Waals surface area (Å²) >= 11 is 5.73. The van der Waals surface area contributed by atoms with Crippen LogP contribution in [0, 0.1) is 0 Å². The number of amides is 1. The number of nitrogens with zero attached hydrogens (tertiary/aromatic N) is 3. The van der Waals surface area contributed by atoms with Crippen molar-refractivity contribution in [3.63, 3.8) is 0 Å². The summed E-state index contributed by atoms with van der Waals surface area (Å²) < 4.78 is 0. The quantitative estimate of drug-likeness (QED) is 0.747. The van der Waals surface area contributed by atoms with Gasteiger partial charge in [0.1, 0.15) is 5.15 Å². The predicted octanol–water partition coefficient (Wildman–Crippen LogP) is 1.37. The third-order valence-corrected chi connectivity index (χ3v) is 2.41. The Morgan fingerprint density at radius 2 is 2.06 bits per heavy atom. The first-order chi connectivity index (χ1) is 7.50. The van der Waals surface area contributed by atoms with Gasteiger partial charge >= 0.3 is 0 Å². The average Bonchev–Trinajstić information content (AvgIpc) is 2.24. The first-order valence-corrected chi connectivity index (χ1v) is 5.40. The lowest BCUT2D eigenvalue weighted by Gasteiger charge is -2.19. The summed E-state index contributed by atoms with van der Waals surface area (Å²) in [5.41, 5.74) is 0.571. The third kappa shape index (κ3) is 3.79. The number of hydrogen-bond acceptors (Lipinski definition) is 3. The summed E-state index contributed by atoms with van der Waals surface area (Å²) in [6, 6.07) is 3.25. The number of carbonyl (C=O) groups excluding carboxylic acids is 1. The topological polar surface area (TPSA) is 36.4 Å². The number of aromatic nitrogens is 1. The molecule has 0 aliphatic rings. The Bertz CT molecular complexity index is 368. The molecule has 1 heterocycles. The van der Waals surface area contributed by atoms with Crippen LogP contribution in [0.5, 0.6) is 0 Å². The van der Waals surface area contributed by atoms with E-state index in [-0.39, 0.29) is 5.91 Å². The largest absolute Gasteiger partial charge is 0.340 e. The van der Waals surface area contributed by atoms with Gasteiger partial charge in [-0.2, -0.15) is 0 Å². The molecular weight excluding hydrogens is 226 g/mol. The van der Waals surface area contributed by atoms with Crippen molar-refractivity contribution in [2.45, 2.75) is 0 Å². The van der Waals surface area contributed by atoms with E-state index in [0.29, 0.717) is 17.3 Å². The van der Waals surface area contributed by atoms with E-state index >= 15 is 0 Å². The molecule has 0 aliphatic carbocycles. The molecule has 1 amide bonds. The molecule has 4 nitrogen and oxygen atoms in total. The van der Waals surface area contributed by atoms with Crippen LogP contribution in [0.25, 0.3) is 0 Å². The zero-order valence-corrected chi connectivity index (χ0v) is 10.5. The minimum Gasteiger partial charge on any atom is -0.340 e. The Morgan fingerprint density at radius 1 is 1.38 bits per heavy atom. The highest BCUT2D eigenvalue weighted by molar-refractivity contribution is 6.29. The first-order valence-electron chi connectivity index (χ1n) is 5.02. The van der Waals surface area contributed by atoms with Gasteiger partial charge in [0.15, 0.2) is 0 Å². The van der Waals surface area contributed by atoms with Crippen LogP contribution in [0.1, 0.15) is 10.4 Å². The van der Waals surface area contributed by atoms with Crippen LogP contribution in [0.15, 0.2) is 18.3 Å². The Labute approximate surface area is 101 Å². The first kappa shape index (κ1) is 12.9. The van der Waals surface area contributed by atoms with Crippen LogP contribution in [-0.4, -0.2) is 54.9 Å². The van der Waals surface area contributed by atoms with Crippen molar-refractivity contribution in [1.82, 2.24) is 14.8 Å². The van der Waals surface area contributed by atoms with E-state index in [1.165, 1.54) is 6.20 Å². The molecule has 0 saturated heterocycles. The molecule has 0 N–H and O–H groups in total. The standard InChI is InChI=1S/C11H16ClN3O/c1-14(2)6-7-15(3)11(16)9-4-5-13-10(12)8-9/h4-5,8H,6-7H2,1-3H3. The molecule has 0 saturated carbocycles. The second-order valence-corrected chi connectivity index (χ2v) is 4.28. The average molecular weight is 242 g/mol. The normalized spacial score (nSPS) is 10.6. The van der Waals surface area contributed by atoms with Gasteiger partial charge in [-0.15, -0.1) is 0 Å². The smallest absolute Gasteiger partial charge is 0.253 e. The Balaban J connectivity index is 2.63. The van der Waals surface area contributed by atoms with Crippen LogP contribution in [0.3, 0.4) is 0 Å². The van der Waals surface area contributed by atoms with Gasteiger partial charge in [-0.3, -0.25) is 4.79 Å². The van der Waals surface area contributed by atoms with Gasteiger partial charge in [0.05, 0.1) is 0 Å². The summed E-state index contributed by atoms with van der Waals surface area (Å²) in [7, 11) is 5.73. The summed E-state index contributed by atoms with van der Waals surface area (Å²) in [4.78, 5) is 19.5. The second-order valence-electron chi connectivity index (χ2n) is 3.90. The van der Waals surface area contributed by atoms with E-state index in [0.717, 1.165) is 6.54 Å². The fraction of sp³-hybridized carbons (Fsp3) is 0.455. The number of carbonyl (C=O) groups is 1. The lowest BCUT2D eigenvalue weighted by Crippen LogP contribution is -2.33. The monoisotopic (exact) mass is 241 g/mol. The minimum atomic E-state index is -0.0360. The van der Waals surface area contributed by atoms with Gasteiger partial charge < -0.3 is 9.80 Å². The van der Waals surface area contributed by atoms with E-state index in [2.05, 4.69) is 4.98 Å². The van der Waals surface area contributed by atoms with Crippen molar-refractivity contribution in [1.29, 1.82) is 0 Å². The highest BCUT2D eigenvalue weighted by Gasteiger charge is 2.11. The second kappa shape index (κ2) is 5.82. The van der Waals surface area contributed by atoms with Gasteiger partial charge in [-0.25, -0.2) is 4.98 Å². The highest BCUT2D eigenvalue weighted by Crippen LogP contribution is 2.08. The summed E-state index contributed by atoms with van der Waals surface area (Å²) in [5.74, 6) is -0.0360. The van der Waals surface area contributed by atoms with Crippen LogP contribution >= 0.6 is 11.6 Å². The SMILES string of the molecule is CN(C)CCN(C)C(=O)c1ccnc(Cl)c1. The molecule has 88 valence electrons. The number of hydrogen-bond donors (Lipinski definition) is 0. The van der Waals surface area contributed by atoms with Crippen LogP contribution in [-0.2, 0) is 0 Å². The Kier molecular flexibility index (Phi) is 4.71. The van der Waals surface area contributed by atoms with Gasteiger partial charge in [0, 0.05) is 31.9 Å². The lowest BCUT2D eigenvalue weighted by atomic mass is 10.2. The van der Waals surface area contributed by atoms with Crippen LogP contribution in [0.4, 0.5) is 0 Å². The molecule has 0 spiro atoms. The number of pyridine rings is 1. The molecule has 0 radical (unpaired) electrons. The summed E-state index contributed by atoms with van der Waals surface area (Å²) in [6.45, 7) is 1.52. The third-order valence-electron chi connectivity index (χ3n) is 2.20. The molecule has 0 atom stereocenters. The van der Waals surface area contributed by atoms with Crippen molar-refractivity contribution >= 4 is 17.5 Å². The molecule has 1 aromatic heterocycles. The van der Waals surface area contributed by atoms with Crippen LogP contribution < -0.4 is 0 Å². The molecule has 16 heavy (non-hydrogen) atoms. The number of halogens is 1. The number of rotatable bonds is 4. The van der Waals surface area contributed by atoms with Gasteiger partial charge in [0.2, 0.25) is 0 Å². The van der Waals surface area contributed by atoms with Gasteiger partial charge in [-0.1, -0.05) is 11.6 Å². The highest BCUT2D eigenvalue weighted by atomic mass is 35.5. The van der Waals surface area contributed by atoms with Crippen molar-refractivity contribution in [3.05, 3.63) is 29.0 Å². The molecule has 1 rings (SSSR count). The summed E-state index contributed by atoms with van der Waals surface area (Å²) in [6.07, 6.45) is 1.54. The predicted molar refractivity (Wildman–Crippen MR) is 64.8 cm³/mol. The molecule has 0 bridgehead atoms. The van der Waals surface area contributed by atoms with Gasteiger partial charge in [0.25, 0.3) is 5.91 Å². The molecule has 0 unspecified atom stereocenters. The Morgan fingerprint density at radius 3 is 2.62 bits per heavy atom. The fourth-order valence-electron chi connectivity index (χ4n) is 1.21. The van der Waals surface area contributed by atoms with E-state index in [1.54, 1.807) is 24.1 Å². The van der Waals surface area contributed by atoms with E-state index in [4.69, 9.17) is 11.6 Å². The van der Waals surface area contributed by atoms with E-state index in [1.807, 2.05) is 19.0 Å². The summed E-state index contributed by atoms with van der Waals surface area (Å²) in [5, 5.41) is 0.340. The zero-order chi connectivity index (χ0) is 12.1. The maximum Gasteiger partial charge on any atom is 0.253 e. The lowest BCUT2D eigenvalue weighted by molar-refractivity contribution is 0.0786. The maximum absolute atomic E-state index is 11.9. The molecule has 0 aliphatic heterocycles.